The highest BCUT2D eigenvalue weighted by Gasteiger charge is 2.23. The molecule has 1 aromatic heterocycles. The number of nitrogens with one attached hydrogen (secondary N) is 1. The fraction of sp³-hybridized carbons (Fsp3) is 0.579. The first-order valence-electron chi connectivity index (χ1n) is 9.15. The molecule has 142 valence electrons. The van der Waals surface area contributed by atoms with Crippen LogP contribution >= 0.6 is 11.6 Å². The van der Waals surface area contributed by atoms with Crippen LogP contribution in [0.25, 0.3) is 0 Å². The molecule has 1 saturated heterocycles. The summed E-state index contributed by atoms with van der Waals surface area (Å²) in [5.41, 5.74) is 2.32. The molecule has 1 aromatic carbocycles. The van der Waals surface area contributed by atoms with E-state index in [4.69, 9.17) is 20.9 Å². The van der Waals surface area contributed by atoms with Gasteiger partial charge in [-0.25, -0.2) is 0 Å². The molecule has 7 heteroatoms. The predicted octanol–water partition coefficient (Wildman–Crippen LogP) is 3.54. The van der Waals surface area contributed by atoms with Crippen molar-refractivity contribution >= 4 is 17.3 Å². The maximum Gasteiger partial charge on any atom is 0.243 e. The molecule has 1 aliphatic rings. The Bertz CT molecular complexity index is 713. The van der Waals surface area contributed by atoms with Gasteiger partial charge in [0.2, 0.25) is 5.89 Å². The molecule has 1 unspecified atom stereocenters. The van der Waals surface area contributed by atoms with Crippen LogP contribution in [0.2, 0.25) is 5.02 Å². The summed E-state index contributed by atoms with van der Waals surface area (Å²) in [5, 5.41) is 8.46. The highest BCUT2D eigenvalue weighted by Crippen LogP contribution is 2.26. The second kappa shape index (κ2) is 8.84. The normalized spacial score (nSPS) is 16.8. The molecule has 1 fully saturated rings. The van der Waals surface area contributed by atoms with Gasteiger partial charge in [0.1, 0.15) is 0 Å². The van der Waals surface area contributed by atoms with Gasteiger partial charge in [0, 0.05) is 43.4 Å². The number of nitrogens with zero attached hydrogens (tertiary/aromatic N) is 3. The summed E-state index contributed by atoms with van der Waals surface area (Å²) in [7, 11) is 1.67. The van der Waals surface area contributed by atoms with Crippen molar-refractivity contribution in [1.82, 2.24) is 15.5 Å². The zero-order valence-corrected chi connectivity index (χ0v) is 16.4. The standard InChI is InChI=1S/C19H27ClN4O2/c1-13-4-5-16(12-17(13)20)24-9-6-15(7-10-24)21-14(2)19-22-18(23-26-19)8-11-25-3/h4-5,12,14-15,21H,6-11H2,1-3H3. The van der Waals surface area contributed by atoms with E-state index in [1.165, 1.54) is 5.69 Å². The van der Waals surface area contributed by atoms with Crippen molar-refractivity contribution in [3.8, 4) is 0 Å². The smallest absolute Gasteiger partial charge is 0.243 e. The number of anilines is 1. The fourth-order valence-corrected chi connectivity index (χ4v) is 3.42. The van der Waals surface area contributed by atoms with Crippen molar-refractivity contribution in [2.45, 2.75) is 45.2 Å². The number of ether oxygens (including phenoxy) is 1. The lowest BCUT2D eigenvalue weighted by molar-refractivity contribution is 0.199. The van der Waals surface area contributed by atoms with E-state index in [0.29, 0.717) is 30.8 Å². The van der Waals surface area contributed by atoms with Crippen molar-refractivity contribution in [2.75, 3.05) is 31.7 Å². The molecular weight excluding hydrogens is 352 g/mol. The monoisotopic (exact) mass is 378 g/mol. The first kappa shape index (κ1) is 19.1. The van der Waals surface area contributed by atoms with Crippen LogP contribution in [0.3, 0.4) is 0 Å². The lowest BCUT2D eigenvalue weighted by Crippen LogP contribution is -2.43. The van der Waals surface area contributed by atoms with Crippen LogP contribution in [0.15, 0.2) is 22.7 Å². The van der Waals surface area contributed by atoms with E-state index in [1.54, 1.807) is 7.11 Å². The quantitative estimate of drug-likeness (QED) is 0.795. The van der Waals surface area contributed by atoms with E-state index in [-0.39, 0.29) is 6.04 Å². The number of benzene rings is 1. The Morgan fingerprint density at radius 2 is 2.15 bits per heavy atom. The lowest BCUT2D eigenvalue weighted by Gasteiger charge is -2.35. The van der Waals surface area contributed by atoms with E-state index < -0.39 is 0 Å². The molecule has 1 atom stereocenters. The van der Waals surface area contributed by atoms with Gasteiger partial charge in [-0.15, -0.1) is 0 Å². The van der Waals surface area contributed by atoms with Crippen molar-refractivity contribution in [2.24, 2.45) is 0 Å². The van der Waals surface area contributed by atoms with E-state index in [2.05, 4.69) is 45.5 Å². The van der Waals surface area contributed by atoms with Crippen LogP contribution in [0.5, 0.6) is 0 Å². The minimum atomic E-state index is 0.0455. The number of methoxy groups -OCH3 is 1. The molecule has 1 N–H and O–H groups in total. The first-order valence-corrected chi connectivity index (χ1v) is 9.53. The Morgan fingerprint density at radius 1 is 1.38 bits per heavy atom. The Morgan fingerprint density at radius 3 is 2.85 bits per heavy atom. The second-order valence-electron chi connectivity index (χ2n) is 6.87. The van der Waals surface area contributed by atoms with Gasteiger partial charge in [-0.1, -0.05) is 22.8 Å². The zero-order valence-electron chi connectivity index (χ0n) is 15.7. The molecule has 26 heavy (non-hydrogen) atoms. The summed E-state index contributed by atoms with van der Waals surface area (Å²) < 4.78 is 10.4. The van der Waals surface area contributed by atoms with Gasteiger partial charge in [-0.2, -0.15) is 4.98 Å². The number of piperidine rings is 1. The van der Waals surface area contributed by atoms with E-state index in [0.717, 1.165) is 36.5 Å². The predicted molar refractivity (Wildman–Crippen MR) is 103 cm³/mol. The van der Waals surface area contributed by atoms with Gasteiger partial charge < -0.3 is 19.5 Å². The van der Waals surface area contributed by atoms with Crippen LogP contribution in [0.4, 0.5) is 5.69 Å². The minimum Gasteiger partial charge on any atom is -0.384 e. The van der Waals surface area contributed by atoms with Gasteiger partial charge in [0.05, 0.1) is 12.6 Å². The van der Waals surface area contributed by atoms with Crippen LogP contribution < -0.4 is 10.2 Å². The van der Waals surface area contributed by atoms with E-state index in [1.807, 2.05) is 6.92 Å². The third-order valence-corrected chi connectivity index (χ3v) is 5.29. The summed E-state index contributed by atoms with van der Waals surface area (Å²) >= 11 is 6.26. The van der Waals surface area contributed by atoms with Crippen molar-refractivity contribution in [3.05, 3.63) is 40.5 Å². The summed E-state index contributed by atoms with van der Waals surface area (Å²) in [4.78, 5) is 6.84. The molecule has 1 aliphatic heterocycles. The maximum atomic E-state index is 6.26. The number of halogens is 1. The topological polar surface area (TPSA) is 63.4 Å². The molecule has 6 nitrogen and oxygen atoms in total. The zero-order chi connectivity index (χ0) is 18.5. The van der Waals surface area contributed by atoms with Crippen LogP contribution in [-0.4, -0.2) is 43.0 Å². The molecular formula is C19H27ClN4O2. The maximum absolute atomic E-state index is 6.26. The van der Waals surface area contributed by atoms with Crippen molar-refractivity contribution in [1.29, 1.82) is 0 Å². The Labute approximate surface area is 159 Å². The molecule has 0 bridgehead atoms. The number of rotatable bonds is 7. The highest BCUT2D eigenvalue weighted by atomic mass is 35.5. The molecule has 0 spiro atoms. The molecule has 0 aliphatic carbocycles. The van der Waals surface area contributed by atoms with Gasteiger partial charge >= 0.3 is 0 Å². The number of aryl methyl sites for hydroxylation is 1. The first-order chi connectivity index (χ1) is 12.6. The van der Waals surface area contributed by atoms with Gasteiger partial charge in [-0.05, 0) is 44.4 Å². The second-order valence-corrected chi connectivity index (χ2v) is 7.28. The molecule has 0 saturated carbocycles. The molecule has 2 heterocycles. The SMILES string of the molecule is COCCc1noc(C(C)NC2CCN(c3ccc(C)c(Cl)c3)CC2)n1. The van der Waals surface area contributed by atoms with Crippen LogP contribution in [-0.2, 0) is 11.2 Å². The van der Waals surface area contributed by atoms with Gasteiger partial charge in [0.15, 0.2) is 5.82 Å². The average molecular weight is 379 g/mol. The highest BCUT2D eigenvalue weighted by molar-refractivity contribution is 6.31. The van der Waals surface area contributed by atoms with Crippen LogP contribution in [0.1, 0.15) is 43.1 Å². The van der Waals surface area contributed by atoms with Gasteiger partial charge in [0.25, 0.3) is 0 Å². The average Bonchev–Trinajstić information content (AvgIpc) is 3.12. The summed E-state index contributed by atoms with van der Waals surface area (Å²) in [6.07, 6.45) is 2.81. The van der Waals surface area contributed by atoms with Gasteiger partial charge in [-0.3, -0.25) is 0 Å². The van der Waals surface area contributed by atoms with Crippen LogP contribution in [0, 0.1) is 6.92 Å². The van der Waals surface area contributed by atoms with Crippen molar-refractivity contribution in [3.63, 3.8) is 0 Å². The summed E-state index contributed by atoms with van der Waals surface area (Å²) in [6, 6.07) is 6.78. The third-order valence-electron chi connectivity index (χ3n) is 4.89. The molecule has 0 radical (unpaired) electrons. The number of hydrogen-bond acceptors (Lipinski definition) is 6. The summed E-state index contributed by atoms with van der Waals surface area (Å²) in [6.45, 7) is 6.71. The van der Waals surface area contributed by atoms with Crippen molar-refractivity contribution < 1.29 is 9.26 Å². The minimum absolute atomic E-state index is 0.0455. The summed E-state index contributed by atoms with van der Waals surface area (Å²) in [5.74, 6) is 1.34. The van der Waals surface area contributed by atoms with E-state index >= 15 is 0 Å². The molecule has 0 amide bonds. The fourth-order valence-electron chi connectivity index (χ4n) is 3.25. The Hall–Kier alpha value is -1.63. The molecule has 3 rings (SSSR count). The largest absolute Gasteiger partial charge is 0.384 e. The number of hydrogen-bond donors (Lipinski definition) is 1. The lowest BCUT2D eigenvalue weighted by atomic mass is 10.0. The van der Waals surface area contributed by atoms with E-state index in [9.17, 15) is 0 Å². The Balaban J connectivity index is 1.50. The Kier molecular flexibility index (Phi) is 6.51. The molecule has 2 aromatic rings. The third kappa shape index (κ3) is 4.75. The number of aromatic nitrogens is 2.